The number of rotatable bonds is 8. The van der Waals surface area contributed by atoms with Crippen LogP contribution in [-0.2, 0) is 13.7 Å². The molecular weight excluding hydrogens is 340 g/mol. The van der Waals surface area contributed by atoms with E-state index < -0.39 is 0 Å². The third kappa shape index (κ3) is 5.82. The van der Waals surface area contributed by atoms with Gasteiger partial charge >= 0.3 is 0 Å². The zero-order valence-electron chi connectivity index (χ0n) is 16.4. The highest BCUT2D eigenvalue weighted by molar-refractivity contribution is 5.94. The Hall–Kier alpha value is -2.34. The maximum absolute atomic E-state index is 12.3. The number of carbonyl (C=O) groups is 1. The van der Waals surface area contributed by atoms with Gasteiger partial charge < -0.3 is 19.5 Å². The number of carbonyl (C=O) groups excluding carboxylic acids is 1. The van der Waals surface area contributed by atoms with Crippen LogP contribution in [0.2, 0.25) is 0 Å². The van der Waals surface area contributed by atoms with Gasteiger partial charge in [-0.25, -0.2) is 4.98 Å². The number of nitrogens with one attached hydrogen (secondary N) is 1. The van der Waals surface area contributed by atoms with Crippen LogP contribution in [0, 0.1) is 5.92 Å². The summed E-state index contributed by atoms with van der Waals surface area (Å²) in [5.74, 6) is 2.42. The molecule has 2 aromatic rings. The van der Waals surface area contributed by atoms with E-state index in [1.54, 1.807) is 18.3 Å². The van der Waals surface area contributed by atoms with Gasteiger partial charge in [-0.2, -0.15) is 0 Å². The molecule has 27 heavy (non-hydrogen) atoms. The fourth-order valence-electron chi connectivity index (χ4n) is 3.28. The van der Waals surface area contributed by atoms with E-state index in [0.29, 0.717) is 18.7 Å². The lowest BCUT2D eigenvalue weighted by Crippen LogP contribution is -2.35. The Morgan fingerprint density at radius 2 is 2.00 bits per heavy atom. The lowest BCUT2D eigenvalue weighted by atomic mass is 9.99. The molecule has 1 aliphatic rings. The highest BCUT2D eigenvalue weighted by Crippen LogP contribution is 2.16. The van der Waals surface area contributed by atoms with Crippen LogP contribution >= 0.6 is 0 Å². The van der Waals surface area contributed by atoms with E-state index in [2.05, 4.69) is 22.1 Å². The SMILES string of the molecule is CC1CCN(CCCNC(=O)c2ccc(OCc3nccn3C)cc2)CC1. The van der Waals surface area contributed by atoms with Gasteiger partial charge in [-0.1, -0.05) is 6.92 Å². The molecule has 1 aromatic carbocycles. The van der Waals surface area contributed by atoms with Crippen LogP contribution in [0.4, 0.5) is 0 Å². The van der Waals surface area contributed by atoms with Gasteiger partial charge in [-0.05, 0) is 69.1 Å². The second-order valence-corrected chi connectivity index (χ2v) is 7.40. The topological polar surface area (TPSA) is 59.4 Å². The van der Waals surface area contributed by atoms with Gasteiger partial charge in [-0.3, -0.25) is 4.79 Å². The fourth-order valence-corrected chi connectivity index (χ4v) is 3.28. The third-order valence-corrected chi connectivity index (χ3v) is 5.22. The van der Waals surface area contributed by atoms with E-state index in [0.717, 1.165) is 30.5 Å². The summed E-state index contributed by atoms with van der Waals surface area (Å²) in [6.45, 7) is 6.88. The molecule has 146 valence electrons. The number of benzene rings is 1. The van der Waals surface area contributed by atoms with Crippen LogP contribution in [0.25, 0.3) is 0 Å². The molecule has 0 bridgehead atoms. The Morgan fingerprint density at radius 3 is 2.67 bits per heavy atom. The number of hydrogen-bond donors (Lipinski definition) is 1. The molecule has 0 aliphatic carbocycles. The predicted molar refractivity (Wildman–Crippen MR) is 106 cm³/mol. The summed E-state index contributed by atoms with van der Waals surface area (Å²) in [6.07, 6.45) is 7.21. The predicted octanol–water partition coefficient (Wildman–Crippen LogP) is 2.85. The van der Waals surface area contributed by atoms with Gasteiger partial charge in [0, 0.05) is 31.5 Å². The molecule has 2 heterocycles. The molecule has 0 atom stereocenters. The summed E-state index contributed by atoms with van der Waals surface area (Å²) < 4.78 is 7.64. The Morgan fingerprint density at radius 1 is 1.26 bits per heavy atom. The standard InChI is InChI=1S/C21H30N4O2/c1-17-8-13-25(14-9-17)12-3-10-23-21(26)18-4-6-19(7-5-18)27-16-20-22-11-15-24(20)2/h4-7,11,15,17H,3,8-10,12-14,16H2,1-2H3,(H,23,26). The summed E-state index contributed by atoms with van der Waals surface area (Å²) in [6, 6.07) is 7.25. The van der Waals surface area contributed by atoms with E-state index in [-0.39, 0.29) is 5.91 Å². The summed E-state index contributed by atoms with van der Waals surface area (Å²) in [7, 11) is 1.94. The van der Waals surface area contributed by atoms with E-state index >= 15 is 0 Å². The van der Waals surface area contributed by atoms with Crippen molar-refractivity contribution in [2.24, 2.45) is 13.0 Å². The molecule has 1 N–H and O–H groups in total. The van der Waals surface area contributed by atoms with Crippen molar-refractivity contribution in [2.45, 2.75) is 32.8 Å². The minimum absolute atomic E-state index is 0.0297. The normalized spacial score (nSPS) is 15.6. The van der Waals surface area contributed by atoms with E-state index in [1.165, 1.54) is 25.9 Å². The summed E-state index contributed by atoms with van der Waals surface area (Å²) in [5, 5.41) is 3.01. The van der Waals surface area contributed by atoms with Gasteiger partial charge in [0.25, 0.3) is 5.91 Å². The summed E-state index contributed by atoms with van der Waals surface area (Å²) in [4.78, 5) is 19.0. The molecular formula is C21H30N4O2. The van der Waals surface area contributed by atoms with Crippen molar-refractivity contribution in [3.8, 4) is 5.75 Å². The molecule has 1 aromatic heterocycles. The van der Waals surface area contributed by atoms with Crippen molar-refractivity contribution < 1.29 is 9.53 Å². The lowest BCUT2D eigenvalue weighted by molar-refractivity contribution is 0.0950. The molecule has 1 amide bonds. The van der Waals surface area contributed by atoms with Crippen molar-refractivity contribution in [2.75, 3.05) is 26.2 Å². The molecule has 1 aliphatic heterocycles. The fraction of sp³-hybridized carbons (Fsp3) is 0.524. The first-order chi connectivity index (χ1) is 13.1. The molecule has 0 radical (unpaired) electrons. The zero-order valence-corrected chi connectivity index (χ0v) is 16.4. The molecule has 0 saturated carbocycles. The molecule has 0 spiro atoms. The third-order valence-electron chi connectivity index (χ3n) is 5.22. The quantitative estimate of drug-likeness (QED) is 0.726. The minimum Gasteiger partial charge on any atom is -0.486 e. The number of imidazole rings is 1. The van der Waals surface area contributed by atoms with Crippen LogP contribution in [0.1, 0.15) is 42.4 Å². The van der Waals surface area contributed by atoms with Crippen molar-refractivity contribution >= 4 is 5.91 Å². The molecule has 6 heteroatoms. The molecule has 0 unspecified atom stereocenters. The number of piperidine rings is 1. The maximum atomic E-state index is 12.3. The van der Waals surface area contributed by atoms with E-state index in [4.69, 9.17) is 4.74 Å². The second-order valence-electron chi connectivity index (χ2n) is 7.40. The van der Waals surface area contributed by atoms with E-state index in [1.807, 2.05) is 29.9 Å². The number of nitrogens with zero attached hydrogens (tertiary/aromatic N) is 3. The molecule has 3 rings (SSSR count). The smallest absolute Gasteiger partial charge is 0.251 e. The molecule has 6 nitrogen and oxygen atoms in total. The number of hydrogen-bond acceptors (Lipinski definition) is 4. The van der Waals surface area contributed by atoms with Crippen molar-refractivity contribution in [3.05, 3.63) is 48.0 Å². The monoisotopic (exact) mass is 370 g/mol. The van der Waals surface area contributed by atoms with Crippen LogP contribution in [0.5, 0.6) is 5.75 Å². The minimum atomic E-state index is -0.0297. The summed E-state index contributed by atoms with van der Waals surface area (Å²) >= 11 is 0. The van der Waals surface area contributed by atoms with Crippen LogP contribution in [-0.4, -0.2) is 46.5 Å². The molecule has 1 saturated heterocycles. The Bertz CT molecular complexity index is 718. The number of likely N-dealkylation sites (tertiary alicyclic amines) is 1. The Kier molecular flexibility index (Phi) is 6.87. The number of aromatic nitrogens is 2. The first kappa shape index (κ1) is 19.4. The Balaban J connectivity index is 1.36. The average molecular weight is 370 g/mol. The van der Waals surface area contributed by atoms with E-state index in [9.17, 15) is 4.79 Å². The highest BCUT2D eigenvalue weighted by atomic mass is 16.5. The number of amides is 1. The maximum Gasteiger partial charge on any atom is 0.251 e. The largest absolute Gasteiger partial charge is 0.486 e. The van der Waals surface area contributed by atoms with Crippen molar-refractivity contribution in [1.29, 1.82) is 0 Å². The number of ether oxygens (including phenoxy) is 1. The Labute approximate surface area is 161 Å². The van der Waals surface area contributed by atoms with Gasteiger partial charge in [0.15, 0.2) is 0 Å². The molecule has 1 fully saturated rings. The lowest BCUT2D eigenvalue weighted by Gasteiger charge is -2.30. The van der Waals surface area contributed by atoms with Gasteiger partial charge in [0.1, 0.15) is 18.2 Å². The number of aryl methyl sites for hydroxylation is 1. The highest BCUT2D eigenvalue weighted by Gasteiger charge is 2.15. The zero-order chi connectivity index (χ0) is 19.1. The van der Waals surface area contributed by atoms with Crippen LogP contribution in [0.3, 0.4) is 0 Å². The summed E-state index contributed by atoms with van der Waals surface area (Å²) in [5.41, 5.74) is 0.658. The van der Waals surface area contributed by atoms with Crippen LogP contribution in [0.15, 0.2) is 36.7 Å². The first-order valence-corrected chi connectivity index (χ1v) is 9.81. The van der Waals surface area contributed by atoms with Crippen molar-refractivity contribution in [1.82, 2.24) is 19.8 Å². The van der Waals surface area contributed by atoms with Gasteiger partial charge in [-0.15, -0.1) is 0 Å². The first-order valence-electron chi connectivity index (χ1n) is 9.81. The van der Waals surface area contributed by atoms with Gasteiger partial charge in [0.2, 0.25) is 0 Å². The van der Waals surface area contributed by atoms with Crippen LogP contribution < -0.4 is 10.1 Å². The van der Waals surface area contributed by atoms with Gasteiger partial charge in [0.05, 0.1) is 0 Å². The average Bonchev–Trinajstić information content (AvgIpc) is 3.10. The second kappa shape index (κ2) is 9.55. The van der Waals surface area contributed by atoms with Crippen molar-refractivity contribution in [3.63, 3.8) is 0 Å².